The first-order valence-corrected chi connectivity index (χ1v) is 10.6. The number of nitrogens with one attached hydrogen (secondary N) is 1. The van der Waals surface area contributed by atoms with Gasteiger partial charge < -0.3 is 15.8 Å². The van der Waals surface area contributed by atoms with E-state index >= 15 is 0 Å². The van der Waals surface area contributed by atoms with Gasteiger partial charge in [0.25, 0.3) is 0 Å². The quantitative estimate of drug-likeness (QED) is 0.494. The molecule has 0 bridgehead atoms. The fourth-order valence-electron chi connectivity index (χ4n) is 3.87. The van der Waals surface area contributed by atoms with Crippen molar-refractivity contribution >= 4 is 28.5 Å². The van der Waals surface area contributed by atoms with Crippen molar-refractivity contribution in [3.63, 3.8) is 0 Å². The van der Waals surface area contributed by atoms with Crippen LogP contribution in [0.25, 0.3) is 22.3 Å². The molecule has 0 unspecified atom stereocenters. The molecule has 3 N–H and O–H groups in total. The van der Waals surface area contributed by atoms with Crippen molar-refractivity contribution < 1.29 is 4.74 Å². The number of aromatic nitrogens is 5. The first-order chi connectivity index (χ1) is 15.1. The summed E-state index contributed by atoms with van der Waals surface area (Å²) in [6.07, 6.45) is 5.17. The summed E-state index contributed by atoms with van der Waals surface area (Å²) in [6.45, 7) is 3.05. The van der Waals surface area contributed by atoms with Gasteiger partial charge in [-0.15, -0.1) is 0 Å². The highest BCUT2D eigenvalue weighted by Crippen LogP contribution is 2.34. The van der Waals surface area contributed by atoms with E-state index in [0.29, 0.717) is 28.5 Å². The molecular weight excluding hydrogens is 414 g/mol. The average molecular weight is 436 g/mol. The van der Waals surface area contributed by atoms with Crippen LogP contribution in [0.2, 0.25) is 5.02 Å². The number of hydrogen-bond acceptors (Lipinski definition) is 7. The Balaban J connectivity index is 1.49. The van der Waals surface area contributed by atoms with Crippen LogP contribution in [0, 0.1) is 0 Å². The topological polar surface area (TPSA) is 104 Å². The number of pyridine rings is 1. The molecule has 1 saturated heterocycles. The number of fused-ring (bicyclic) bond motifs is 1. The summed E-state index contributed by atoms with van der Waals surface area (Å²) >= 11 is 5.88. The van der Waals surface area contributed by atoms with Crippen molar-refractivity contribution in [3.8, 4) is 22.9 Å². The Bertz CT molecular complexity index is 1200. The highest BCUT2D eigenvalue weighted by Gasteiger charge is 2.25. The summed E-state index contributed by atoms with van der Waals surface area (Å²) in [6, 6.07) is 11.8. The maximum Gasteiger partial charge on any atom is 0.219 e. The van der Waals surface area contributed by atoms with Crippen molar-refractivity contribution in [2.45, 2.75) is 31.8 Å². The van der Waals surface area contributed by atoms with Gasteiger partial charge in [-0.1, -0.05) is 11.6 Å². The third-order valence-electron chi connectivity index (χ3n) is 5.55. The Hall–Kier alpha value is -3.23. The summed E-state index contributed by atoms with van der Waals surface area (Å²) in [5.41, 5.74) is 8.68. The molecule has 1 aliphatic rings. The van der Waals surface area contributed by atoms with Gasteiger partial charge in [0, 0.05) is 30.4 Å². The number of halogens is 1. The Morgan fingerprint density at radius 3 is 2.65 bits per heavy atom. The fourth-order valence-corrected chi connectivity index (χ4v) is 3.98. The molecule has 0 aliphatic carbocycles. The number of rotatable bonds is 4. The molecule has 9 heteroatoms. The van der Waals surface area contributed by atoms with Gasteiger partial charge in [0.2, 0.25) is 5.88 Å². The zero-order valence-corrected chi connectivity index (χ0v) is 17.8. The monoisotopic (exact) mass is 435 g/mol. The Morgan fingerprint density at radius 1 is 1.10 bits per heavy atom. The van der Waals surface area contributed by atoms with Crippen molar-refractivity contribution in [3.05, 3.63) is 53.9 Å². The number of anilines is 1. The Kier molecular flexibility index (Phi) is 5.17. The predicted molar refractivity (Wildman–Crippen MR) is 120 cm³/mol. The van der Waals surface area contributed by atoms with Crippen LogP contribution in [0.3, 0.4) is 0 Å². The molecule has 8 nitrogen and oxygen atoms in total. The standard InChI is InChI=1S/C22H22ClN7O/c1-13-2-6-16(11-25-13)30-22-19(21(24)27-12-28-22)20(29-30)14-3-7-17(8-4-14)31-18-9-5-15(23)10-26-18/h3-5,7-10,12-13,16,25H,2,6,11H2,1H3,(H2,24,27,28)/t13-,16+/m1/s1. The molecule has 158 valence electrons. The summed E-state index contributed by atoms with van der Waals surface area (Å²) in [4.78, 5) is 12.9. The van der Waals surface area contributed by atoms with Crippen LogP contribution in [0.15, 0.2) is 48.9 Å². The average Bonchev–Trinajstić information content (AvgIpc) is 3.17. The maximum atomic E-state index is 6.24. The number of ether oxygens (including phenoxy) is 1. The van der Waals surface area contributed by atoms with Gasteiger partial charge in [0.15, 0.2) is 5.65 Å². The molecule has 3 aromatic heterocycles. The molecule has 0 amide bonds. The molecule has 4 aromatic rings. The summed E-state index contributed by atoms with van der Waals surface area (Å²) in [5.74, 6) is 1.56. The van der Waals surface area contributed by atoms with Crippen molar-refractivity contribution in [1.82, 2.24) is 30.0 Å². The van der Waals surface area contributed by atoms with Gasteiger partial charge in [-0.05, 0) is 50.1 Å². The molecule has 0 saturated carbocycles. The second-order valence-electron chi connectivity index (χ2n) is 7.73. The lowest BCUT2D eigenvalue weighted by molar-refractivity contribution is 0.309. The molecule has 0 radical (unpaired) electrons. The van der Waals surface area contributed by atoms with Gasteiger partial charge in [0.05, 0.1) is 16.5 Å². The second-order valence-corrected chi connectivity index (χ2v) is 8.17. The molecule has 4 heterocycles. The predicted octanol–water partition coefficient (Wildman–Crippen LogP) is 4.23. The summed E-state index contributed by atoms with van der Waals surface area (Å²) in [7, 11) is 0. The third kappa shape index (κ3) is 3.92. The molecule has 1 aliphatic heterocycles. The lowest BCUT2D eigenvalue weighted by Crippen LogP contribution is -2.38. The molecule has 1 aromatic carbocycles. The Morgan fingerprint density at radius 2 is 1.94 bits per heavy atom. The maximum absolute atomic E-state index is 6.24. The number of nitrogen functional groups attached to an aromatic ring is 1. The van der Waals surface area contributed by atoms with Gasteiger partial charge in [-0.25, -0.2) is 19.6 Å². The lowest BCUT2D eigenvalue weighted by Gasteiger charge is -2.27. The molecular formula is C22H22ClN7O. The number of nitrogens with two attached hydrogens (primary N) is 1. The lowest BCUT2D eigenvalue weighted by atomic mass is 10.0. The minimum Gasteiger partial charge on any atom is -0.439 e. The van der Waals surface area contributed by atoms with Crippen LogP contribution in [-0.2, 0) is 0 Å². The van der Waals surface area contributed by atoms with Crippen molar-refractivity contribution in [2.75, 3.05) is 12.3 Å². The number of hydrogen-bond donors (Lipinski definition) is 2. The smallest absolute Gasteiger partial charge is 0.219 e. The number of piperidine rings is 1. The van der Waals surface area contributed by atoms with Gasteiger partial charge >= 0.3 is 0 Å². The van der Waals surface area contributed by atoms with E-state index in [4.69, 9.17) is 27.2 Å². The SMILES string of the molecule is C[C@@H]1CC[C@H](n2nc(-c3ccc(Oc4ccc(Cl)cn4)cc3)c3c(N)ncnc32)CN1. The van der Waals surface area contributed by atoms with Crippen molar-refractivity contribution in [1.29, 1.82) is 0 Å². The van der Waals surface area contributed by atoms with Gasteiger partial charge in [0.1, 0.15) is 23.6 Å². The highest BCUT2D eigenvalue weighted by atomic mass is 35.5. The van der Waals surface area contributed by atoms with Gasteiger partial charge in [-0.2, -0.15) is 5.10 Å². The molecule has 1 fully saturated rings. The second kappa shape index (κ2) is 8.13. The highest BCUT2D eigenvalue weighted by molar-refractivity contribution is 6.30. The molecule has 0 spiro atoms. The minimum atomic E-state index is 0.223. The molecule has 2 atom stereocenters. The van der Waals surface area contributed by atoms with Crippen LogP contribution < -0.4 is 15.8 Å². The van der Waals surface area contributed by atoms with Crippen molar-refractivity contribution in [2.24, 2.45) is 0 Å². The third-order valence-corrected chi connectivity index (χ3v) is 5.77. The summed E-state index contributed by atoms with van der Waals surface area (Å²) in [5, 5.41) is 9.78. The van der Waals surface area contributed by atoms with E-state index in [1.54, 1.807) is 18.3 Å². The first kappa shape index (κ1) is 19.7. The van der Waals surface area contributed by atoms with E-state index in [1.807, 2.05) is 28.9 Å². The largest absolute Gasteiger partial charge is 0.439 e. The normalized spacial score (nSPS) is 18.9. The first-order valence-electron chi connectivity index (χ1n) is 10.2. The van der Waals surface area contributed by atoms with Crippen LogP contribution in [-0.4, -0.2) is 37.3 Å². The zero-order valence-electron chi connectivity index (χ0n) is 17.0. The van der Waals surface area contributed by atoms with Crippen LogP contribution >= 0.6 is 11.6 Å². The number of nitrogens with zero attached hydrogens (tertiary/aromatic N) is 5. The summed E-state index contributed by atoms with van der Waals surface area (Å²) < 4.78 is 7.78. The molecule has 31 heavy (non-hydrogen) atoms. The Labute approximate surface area is 184 Å². The van der Waals surface area contributed by atoms with E-state index in [2.05, 4.69) is 27.2 Å². The van der Waals surface area contributed by atoms with E-state index in [9.17, 15) is 0 Å². The van der Waals surface area contributed by atoms with E-state index in [1.165, 1.54) is 6.33 Å². The van der Waals surface area contributed by atoms with E-state index in [-0.39, 0.29) is 6.04 Å². The van der Waals surface area contributed by atoms with E-state index < -0.39 is 0 Å². The van der Waals surface area contributed by atoms with Gasteiger partial charge in [-0.3, -0.25) is 0 Å². The fraction of sp³-hybridized carbons (Fsp3) is 0.273. The zero-order chi connectivity index (χ0) is 21.4. The minimum absolute atomic E-state index is 0.223. The number of benzene rings is 1. The van der Waals surface area contributed by atoms with Crippen LogP contribution in [0.5, 0.6) is 11.6 Å². The molecule has 5 rings (SSSR count). The van der Waals surface area contributed by atoms with Crippen LogP contribution in [0.4, 0.5) is 5.82 Å². The van der Waals surface area contributed by atoms with E-state index in [0.717, 1.165) is 41.7 Å². The van der Waals surface area contributed by atoms with Crippen LogP contribution in [0.1, 0.15) is 25.8 Å².